The Kier molecular flexibility index (Phi) is 6.04. The molecule has 0 N–H and O–H groups in total. The lowest BCUT2D eigenvalue weighted by atomic mass is 10.2. The van der Waals surface area contributed by atoms with Crippen molar-refractivity contribution in [3.63, 3.8) is 0 Å². The van der Waals surface area contributed by atoms with Gasteiger partial charge >= 0.3 is 5.97 Å². The van der Waals surface area contributed by atoms with E-state index in [9.17, 15) is 19.7 Å². The highest BCUT2D eigenvalue weighted by atomic mass is 32.2. The quantitative estimate of drug-likeness (QED) is 0.251. The van der Waals surface area contributed by atoms with Crippen LogP contribution in [0.1, 0.15) is 18.9 Å². The number of ether oxygens (including phenoxy) is 1. The lowest BCUT2D eigenvalue weighted by molar-refractivity contribution is -0.384. The first kappa shape index (κ1) is 18.1. The Morgan fingerprint density at radius 3 is 2.92 bits per heavy atom. The molecule has 1 saturated heterocycles. The van der Waals surface area contributed by atoms with Crippen LogP contribution in [0.3, 0.4) is 0 Å². The first-order chi connectivity index (χ1) is 11.4. The van der Waals surface area contributed by atoms with E-state index in [1.807, 2.05) is 6.92 Å². The number of esters is 1. The summed E-state index contributed by atoms with van der Waals surface area (Å²) in [5.74, 6) is -0.935. The second-order valence-electron chi connectivity index (χ2n) is 4.84. The van der Waals surface area contributed by atoms with E-state index < -0.39 is 16.8 Å². The molecule has 1 fully saturated rings. The van der Waals surface area contributed by atoms with E-state index in [0.717, 1.165) is 11.8 Å². The number of hydrogen-bond acceptors (Lipinski definition) is 7. The van der Waals surface area contributed by atoms with Crippen molar-refractivity contribution in [3.05, 3.63) is 44.8 Å². The molecule has 0 radical (unpaired) electrons. The molecular weight excluding hydrogens is 352 g/mol. The van der Waals surface area contributed by atoms with E-state index in [0.29, 0.717) is 16.9 Å². The van der Waals surface area contributed by atoms with Crippen LogP contribution >= 0.6 is 24.0 Å². The number of nitrogens with zero attached hydrogens (tertiary/aromatic N) is 2. The molecule has 1 aromatic carbocycles. The van der Waals surface area contributed by atoms with Gasteiger partial charge in [-0.3, -0.25) is 24.6 Å². The van der Waals surface area contributed by atoms with Crippen molar-refractivity contribution in [2.75, 3.05) is 13.2 Å². The predicted molar refractivity (Wildman–Crippen MR) is 94.2 cm³/mol. The number of carbonyl (C=O) groups excluding carboxylic acids is 2. The standard InChI is InChI=1S/C15H14N2O5S2/c1-2-6-22-13(18)9-16-14(19)12(24-15(16)23)8-10-4-3-5-11(7-10)17(20)21/h3-5,7-8H,2,6,9H2,1H3. The van der Waals surface area contributed by atoms with Gasteiger partial charge in [0.15, 0.2) is 0 Å². The number of non-ortho nitro benzene ring substituents is 1. The largest absolute Gasteiger partial charge is 0.464 e. The maximum Gasteiger partial charge on any atom is 0.326 e. The van der Waals surface area contributed by atoms with Gasteiger partial charge in [-0.25, -0.2) is 0 Å². The molecule has 2 rings (SSSR count). The fourth-order valence-corrected chi connectivity index (χ4v) is 3.16. The normalized spacial score (nSPS) is 15.9. The van der Waals surface area contributed by atoms with Crippen LogP contribution in [-0.4, -0.2) is 39.2 Å². The zero-order valence-corrected chi connectivity index (χ0v) is 14.4. The lowest BCUT2D eigenvalue weighted by Gasteiger charge is -2.13. The van der Waals surface area contributed by atoms with Crippen LogP contribution in [0.15, 0.2) is 29.2 Å². The summed E-state index contributed by atoms with van der Waals surface area (Å²) in [4.78, 5) is 35.8. The smallest absolute Gasteiger partial charge is 0.326 e. The predicted octanol–water partition coefficient (Wildman–Crippen LogP) is 2.75. The molecule has 0 bridgehead atoms. The molecule has 1 aromatic rings. The number of rotatable bonds is 6. The summed E-state index contributed by atoms with van der Waals surface area (Å²) in [5, 5.41) is 10.8. The van der Waals surface area contributed by atoms with E-state index in [4.69, 9.17) is 17.0 Å². The van der Waals surface area contributed by atoms with Gasteiger partial charge in [-0.2, -0.15) is 0 Å². The Bertz CT molecular complexity index is 732. The summed E-state index contributed by atoms with van der Waals surface area (Å²) in [7, 11) is 0. The van der Waals surface area contributed by atoms with Gasteiger partial charge in [0.25, 0.3) is 11.6 Å². The maximum absolute atomic E-state index is 12.4. The highest BCUT2D eigenvalue weighted by Crippen LogP contribution is 2.32. The fraction of sp³-hybridized carbons (Fsp3) is 0.267. The van der Waals surface area contributed by atoms with E-state index in [-0.39, 0.29) is 23.2 Å². The van der Waals surface area contributed by atoms with Gasteiger partial charge < -0.3 is 4.74 Å². The highest BCUT2D eigenvalue weighted by molar-refractivity contribution is 8.26. The van der Waals surface area contributed by atoms with Crippen LogP contribution in [0.25, 0.3) is 6.08 Å². The second kappa shape index (κ2) is 8.02. The molecule has 0 saturated carbocycles. The summed E-state index contributed by atoms with van der Waals surface area (Å²) in [6.07, 6.45) is 2.21. The summed E-state index contributed by atoms with van der Waals surface area (Å²) in [6, 6.07) is 5.91. The molecule has 0 aromatic heterocycles. The Hall–Kier alpha value is -2.26. The number of thiocarbonyl (C=S) groups is 1. The van der Waals surface area contributed by atoms with Gasteiger partial charge in [0.1, 0.15) is 10.9 Å². The lowest BCUT2D eigenvalue weighted by Crippen LogP contribution is -2.34. The molecular formula is C15H14N2O5S2. The third kappa shape index (κ3) is 4.39. The number of amides is 1. The Labute approximate surface area is 147 Å². The minimum absolute atomic E-state index is 0.0672. The van der Waals surface area contributed by atoms with E-state index in [1.165, 1.54) is 29.2 Å². The maximum atomic E-state index is 12.4. The number of hydrogen-bond donors (Lipinski definition) is 0. The third-order valence-corrected chi connectivity index (χ3v) is 4.38. The first-order valence-corrected chi connectivity index (χ1v) is 8.30. The van der Waals surface area contributed by atoms with Gasteiger partial charge in [-0.05, 0) is 18.1 Å². The van der Waals surface area contributed by atoms with Gasteiger partial charge in [0.2, 0.25) is 0 Å². The fourth-order valence-electron chi connectivity index (χ4n) is 1.91. The van der Waals surface area contributed by atoms with Gasteiger partial charge in [0, 0.05) is 12.1 Å². The molecule has 0 atom stereocenters. The van der Waals surface area contributed by atoms with Gasteiger partial charge in [0.05, 0.1) is 16.4 Å². The minimum Gasteiger partial charge on any atom is -0.464 e. The van der Waals surface area contributed by atoms with Crippen molar-refractivity contribution in [1.29, 1.82) is 0 Å². The van der Waals surface area contributed by atoms with Crippen molar-refractivity contribution in [2.45, 2.75) is 13.3 Å². The summed E-state index contributed by atoms with van der Waals surface area (Å²) >= 11 is 6.17. The van der Waals surface area contributed by atoms with E-state index >= 15 is 0 Å². The van der Waals surface area contributed by atoms with Crippen LogP contribution in [-0.2, 0) is 14.3 Å². The van der Waals surface area contributed by atoms with Crippen LogP contribution in [0.4, 0.5) is 5.69 Å². The molecule has 1 heterocycles. The number of nitro groups is 1. The SMILES string of the molecule is CCCOC(=O)CN1C(=O)C(=Cc2cccc([N+](=O)[O-])c2)SC1=S. The molecule has 0 unspecified atom stereocenters. The average Bonchev–Trinajstić information content (AvgIpc) is 2.80. The summed E-state index contributed by atoms with van der Waals surface area (Å²) < 4.78 is 5.20. The molecule has 0 aliphatic carbocycles. The average molecular weight is 366 g/mol. The first-order valence-electron chi connectivity index (χ1n) is 7.07. The molecule has 24 heavy (non-hydrogen) atoms. The van der Waals surface area contributed by atoms with Gasteiger partial charge in [-0.1, -0.05) is 43.0 Å². The van der Waals surface area contributed by atoms with Crippen molar-refractivity contribution in [2.24, 2.45) is 0 Å². The molecule has 0 spiro atoms. The van der Waals surface area contributed by atoms with E-state index in [1.54, 1.807) is 6.07 Å². The molecule has 7 nitrogen and oxygen atoms in total. The van der Waals surface area contributed by atoms with Crippen molar-refractivity contribution in [1.82, 2.24) is 4.90 Å². The van der Waals surface area contributed by atoms with Crippen LogP contribution in [0.2, 0.25) is 0 Å². The van der Waals surface area contributed by atoms with Crippen LogP contribution < -0.4 is 0 Å². The Morgan fingerprint density at radius 2 is 2.25 bits per heavy atom. The Balaban J connectivity index is 2.14. The summed E-state index contributed by atoms with van der Waals surface area (Å²) in [5.41, 5.74) is 0.445. The van der Waals surface area contributed by atoms with Crippen molar-refractivity contribution < 1.29 is 19.2 Å². The molecule has 1 aliphatic rings. The van der Waals surface area contributed by atoms with Crippen molar-refractivity contribution in [3.8, 4) is 0 Å². The van der Waals surface area contributed by atoms with Gasteiger partial charge in [-0.15, -0.1) is 0 Å². The summed E-state index contributed by atoms with van der Waals surface area (Å²) in [6.45, 7) is 1.92. The number of thioether (sulfide) groups is 1. The molecule has 126 valence electrons. The molecule has 1 aliphatic heterocycles. The second-order valence-corrected chi connectivity index (χ2v) is 6.52. The minimum atomic E-state index is -0.523. The zero-order valence-electron chi connectivity index (χ0n) is 12.8. The highest BCUT2D eigenvalue weighted by Gasteiger charge is 2.33. The molecule has 1 amide bonds. The zero-order chi connectivity index (χ0) is 17.7. The number of nitro benzene ring substituents is 1. The topological polar surface area (TPSA) is 89.8 Å². The van der Waals surface area contributed by atoms with E-state index in [2.05, 4.69) is 0 Å². The number of carbonyl (C=O) groups is 2. The van der Waals surface area contributed by atoms with Crippen molar-refractivity contribution >= 4 is 51.9 Å². The third-order valence-electron chi connectivity index (χ3n) is 3.01. The Morgan fingerprint density at radius 1 is 1.50 bits per heavy atom. The molecule has 9 heteroatoms. The van der Waals surface area contributed by atoms with Crippen LogP contribution in [0, 0.1) is 10.1 Å². The monoisotopic (exact) mass is 366 g/mol. The number of benzene rings is 1. The van der Waals surface area contributed by atoms with Crippen LogP contribution in [0.5, 0.6) is 0 Å².